The number of carbonyl (C=O) groups is 2. The largest absolute Gasteiger partial charge is 0.490 e. The number of esters is 2. The second-order valence-corrected chi connectivity index (χ2v) is 10.7. The highest BCUT2D eigenvalue weighted by Gasteiger charge is 2.23. The number of hydrogen-bond donors (Lipinski definition) is 0. The van der Waals surface area contributed by atoms with Gasteiger partial charge in [-0.15, -0.1) is 5.73 Å². The number of ether oxygens (including phenoxy) is 4. The van der Waals surface area contributed by atoms with E-state index in [0.717, 1.165) is 67.1 Å². The van der Waals surface area contributed by atoms with Crippen molar-refractivity contribution in [3.8, 4) is 33.8 Å². The molecule has 5 rings (SSSR count). The molecule has 0 N–H and O–H groups in total. The van der Waals surface area contributed by atoms with Crippen molar-refractivity contribution in [2.75, 3.05) is 19.8 Å². The number of fused-ring (bicyclic) bond motifs is 3. The van der Waals surface area contributed by atoms with Crippen LogP contribution in [0.5, 0.6) is 11.5 Å². The van der Waals surface area contributed by atoms with Crippen LogP contribution >= 0.6 is 0 Å². The van der Waals surface area contributed by atoms with E-state index in [1.807, 2.05) is 42.5 Å². The summed E-state index contributed by atoms with van der Waals surface area (Å²) in [4.78, 5) is 23.0. The van der Waals surface area contributed by atoms with Gasteiger partial charge in [-0.05, 0) is 114 Å². The van der Waals surface area contributed by atoms with Crippen molar-refractivity contribution in [2.45, 2.75) is 41.2 Å². The molecule has 44 heavy (non-hydrogen) atoms. The monoisotopic (exact) mass is 588 g/mol. The Morgan fingerprint density at radius 2 is 1.43 bits per heavy atom. The molecule has 224 valence electrons. The van der Waals surface area contributed by atoms with Crippen LogP contribution in [0.2, 0.25) is 0 Å². The summed E-state index contributed by atoms with van der Waals surface area (Å²) in [6, 6.07) is 24.5. The molecular weight excluding hydrogens is 552 g/mol. The number of benzene rings is 4. The van der Waals surface area contributed by atoms with Gasteiger partial charge in [0.05, 0.1) is 12.7 Å². The first kappa shape index (κ1) is 30.4. The zero-order chi connectivity index (χ0) is 31.2. The highest BCUT2D eigenvalue weighted by molar-refractivity contribution is 6.02. The van der Waals surface area contributed by atoms with Crippen LogP contribution < -0.4 is 9.47 Å². The lowest BCUT2D eigenvalue weighted by Gasteiger charge is -2.18. The molecule has 4 aromatic rings. The van der Waals surface area contributed by atoms with Crippen molar-refractivity contribution in [3.05, 3.63) is 118 Å². The normalized spacial score (nSPS) is 11.2. The van der Waals surface area contributed by atoms with Gasteiger partial charge < -0.3 is 18.9 Å². The number of aryl methyl sites for hydroxylation is 2. The van der Waals surface area contributed by atoms with E-state index in [1.165, 1.54) is 18.6 Å². The Morgan fingerprint density at radius 1 is 0.727 bits per heavy atom. The maximum Gasteiger partial charge on any atom is 0.338 e. The zero-order valence-corrected chi connectivity index (χ0v) is 25.8. The Balaban J connectivity index is 1.36. The Bertz CT molecular complexity index is 1770. The fraction of sp³-hybridized carbons (Fsp3) is 0.237. The lowest BCUT2D eigenvalue weighted by Crippen LogP contribution is -2.09. The summed E-state index contributed by atoms with van der Waals surface area (Å²) in [6.45, 7) is 10.7. The number of hydrogen-bond acceptors (Lipinski definition) is 6. The summed E-state index contributed by atoms with van der Waals surface area (Å²) < 4.78 is 22.2. The zero-order valence-electron chi connectivity index (χ0n) is 25.8. The smallest absolute Gasteiger partial charge is 0.338 e. The van der Waals surface area contributed by atoms with Crippen LogP contribution in [0.1, 0.15) is 47.2 Å². The fourth-order valence-corrected chi connectivity index (χ4v) is 5.65. The standard InChI is InChI=1S/C38H36O6/c1-6-41-37(40)17-16-34-32-11-7-8-12-33(32)36-22-29(14-15-35(34)36)44-23-28-10-9-13-31(26(28)4)38-24(2)20-30(21-25(38)3)43-19-18-42-27(5)39/h7-15,17,20-22H,6,18-19,23H2,1-5H3. The number of carbonyl (C=O) groups excluding carboxylic acids is 2. The molecule has 0 heterocycles. The molecule has 0 saturated carbocycles. The molecule has 0 amide bonds. The summed E-state index contributed by atoms with van der Waals surface area (Å²) in [5.41, 5.74) is 15.0. The van der Waals surface area contributed by atoms with E-state index in [9.17, 15) is 9.59 Å². The van der Waals surface area contributed by atoms with Crippen molar-refractivity contribution in [1.29, 1.82) is 0 Å². The number of rotatable bonds is 10. The molecule has 0 spiro atoms. The molecule has 4 aromatic carbocycles. The van der Waals surface area contributed by atoms with Crippen LogP contribution in [0.25, 0.3) is 27.8 Å². The van der Waals surface area contributed by atoms with E-state index < -0.39 is 5.97 Å². The van der Waals surface area contributed by atoms with Gasteiger partial charge in [0.1, 0.15) is 31.3 Å². The molecule has 0 bridgehead atoms. The molecular formula is C38H36O6. The van der Waals surface area contributed by atoms with Crippen molar-refractivity contribution < 1.29 is 28.5 Å². The SMILES string of the molecule is CCOC(=O)C=C=C1c2ccccc2-c2cc(OCc3cccc(-c4c(C)cc(OCCOC(C)=O)cc4C)c3C)ccc21. The van der Waals surface area contributed by atoms with Crippen LogP contribution in [-0.2, 0) is 25.7 Å². The first-order chi connectivity index (χ1) is 21.3. The quantitative estimate of drug-likeness (QED) is 0.0714. The minimum absolute atomic E-state index is 0.220. The topological polar surface area (TPSA) is 71.1 Å². The van der Waals surface area contributed by atoms with Crippen LogP contribution in [0.4, 0.5) is 0 Å². The van der Waals surface area contributed by atoms with Gasteiger partial charge in [-0.3, -0.25) is 4.79 Å². The molecule has 0 unspecified atom stereocenters. The molecule has 0 aromatic heterocycles. The molecule has 0 fully saturated rings. The Morgan fingerprint density at radius 3 is 2.16 bits per heavy atom. The predicted molar refractivity (Wildman–Crippen MR) is 172 cm³/mol. The van der Waals surface area contributed by atoms with Gasteiger partial charge in [-0.1, -0.05) is 42.5 Å². The Kier molecular flexibility index (Phi) is 9.32. The summed E-state index contributed by atoms with van der Waals surface area (Å²) in [5, 5.41) is 0. The van der Waals surface area contributed by atoms with Crippen molar-refractivity contribution >= 4 is 17.5 Å². The van der Waals surface area contributed by atoms with Gasteiger partial charge >= 0.3 is 11.9 Å². The molecule has 0 saturated heterocycles. The van der Waals surface area contributed by atoms with Gasteiger partial charge in [0.15, 0.2) is 0 Å². The fourth-order valence-electron chi connectivity index (χ4n) is 5.65. The third kappa shape index (κ3) is 6.61. The average Bonchev–Trinajstić information content (AvgIpc) is 3.31. The minimum atomic E-state index is -0.408. The lowest BCUT2D eigenvalue weighted by atomic mass is 9.90. The second-order valence-electron chi connectivity index (χ2n) is 10.7. The molecule has 1 aliphatic carbocycles. The first-order valence-electron chi connectivity index (χ1n) is 14.7. The van der Waals surface area contributed by atoms with E-state index in [0.29, 0.717) is 19.8 Å². The molecule has 0 atom stereocenters. The van der Waals surface area contributed by atoms with E-state index in [4.69, 9.17) is 18.9 Å². The lowest BCUT2D eigenvalue weighted by molar-refractivity contribution is -0.141. The van der Waals surface area contributed by atoms with E-state index in [-0.39, 0.29) is 12.6 Å². The Labute approximate surface area is 258 Å². The van der Waals surface area contributed by atoms with Gasteiger partial charge in [0.25, 0.3) is 0 Å². The average molecular weight is 589 g/mol. The highest BCUT2D eigenvalue weighted by Crippen LogP contribution is 2.45. The van der Waals surface area contributed by atoms with Gasteiger partial charge in [-0.2, -0.15) is 0 Å². The summed E-state index contributed by atoms with van der Waals surface area (Å²) in [7, 11) is 0. The van der Waals surface area contributed by atoms with Crippen LogP contribution in [-0.4, -0.2) is 31.8 Å². The highest BCUT2D eigenvalue weighted by atomic mass is 16.6. The maximum atomic E-state index is 12.0. The van der Waals surface area contributed by atoms with Gasteiger partial charge in [0.2, 0.25) is 0 Å². The third-order valence-corrected chi connectivity index (χ3v) is 7.64. The molecule has 1 aliphatic rings. The predicted octanol–water partition coefficient (Wildman–Crippen LogP) is 7.93. The molecule has 0 radical (unpaired) electrons. The van der Waals surface area contributed by atoms with E-state index >= 15 is 0 Å². The van der Waals surface area contributed by atoms with E-state index in [2.05, 4.69) is 56.8 Å². The summed E-state index contributed by atoms with van der Waals surface area (Å²) in [6.07, 6.45) is 1.36. The maximum absolute atomic E-state index is 12.0. The first-order valence-corrected chi connectivity index (χ1v) is 14.7. The minimum Gasteiger partial charge on any atom is -0.490 e. The van der Waals surface area contributed by atoms with Crippen molar-refractivity contribution in [1.82, 2.24) is 0 Å². The van der Waals surface area contributed by atoms with Gasteiger partial charge in [0, 0.05) is 12.5 Å². The van der Waals surface area contributed by atoms with Crippen LogP contribution in [0.15, 0.2) is 84.6 Å². The molecule has 6 heteroatoms. The summed E-state index contributed by atoms with van der Waals surface area (Å²) in [5.74, 6) is 0.792. The summed E-state index contributed by atoms with van der Waals surface area (Å²) >= 11 is 0. The van der Waals surface area contributed by atoms with Crippen LogP contribution in [0.3, 0.4) is 0 Å². The molecule has 6 nitrogen and oxygen atoms in total. The Hall–Kier alpha value is -5.06. The molecule has 0 aliphatic heterocycles. The third-order valence-electron chi connectivity index (χ3n) is 7.64. The van der Waals surface area contributed by atoms with Crippen LogP contribution in [0, 0.1) is 20.8 Å². The van der Waals surface area contributed by atoms with Crippen molar-refractivity contribution in [2.24, 2.45) is 0 Å². The van der Waals surface area contributed by atoms with Gasteiger partial charge in [-0.25, -0.2) is 4.79 Å². The van der Waals surface area contributed by atoms with E-state index in [1.54, 1.807) is 6.92 Å². The second kappa shape index (κ2) is 13.5. The van der Waals surface area contributed by atoms with Crippen molar-refractivity contribution in [3.63, 3.8) is 0 Å².